The van der Waals surface area contributed by atoms with E-state index in [1.165, 1.54) is 12.7 Å². The average Bonchev–Trinajstić information content (AvgIpc) is 2.56. The zero-order valence-corrected chi connectivity index (χ0v) is 13.1. The molecule has 0 saturated carbocycles. The summed E-state index contributed by atoms with van der Waals surface area (Å²) in [5.41, 5.74) is 1.20. The molecular formula is C16H23N3O3. The summed E-state index contributed by atoms with van der Waals surface area (Å²) in [6, 6.07) is 8.14. The molecule has 0 saturated heterocycles. The molecule has 120 valence electrons. The van der Waals surface area contributed by atoms with Crippen molar-refractivity contribution in [1.29, 1.82) is 0 Å². The molecule has 1 aliphatic rings. The molecule has 1 aliphatic heterocycles. The Balaban J connectivity index is 1.87. The van der Waals surface area contributed by atoms with Crippen molar-refractivity contribution in [3.63, 3.8) is 0 Å². The Labute approximate surface area is 130 Å². The Morgan fingerprint density at radius 3 is 2.77 bits per heavy atom. The highest BCUT2D eigenvalue weighted by Crippen LogP contribution is 2.21. The van der Waals surface area contributed by atoms with Crippen molar-refractivity contribution in [3.8, 4) is 5.75 Å². The second-order valence-electron chi connectivity index (χ2n) is 5.15. The van der Waals surface area contributed by atoms with E-state index in [0.717, 1.165) is 31.7 Å². The summed E-state index contributed by atoms with van der Waals surface area (Å²) < 4.78 is 10.2. The number of guanidine groups is 1. The zero-order valence-electron chi connectivity index (χ0n) is 13.1. The summed E-state index contributed by atoms with van der Waals surface area (Å²) >= 11 is 0. The topological polar surface area (TPSA) is 72.0 Å². The first-order valence-electron chi connectivity index (χ1n) is 7.59. The van der Waals surface area contributed by atoms with Crippen molar-refractivity contribution in [3.05, 3.63) is 29.8 Å². The van der Waals surface area contributed by atoms with Crippen LogP contribution in [0.5, 0.6) is 5.75 Å². The Morgan fingerprint density at radius 1 is 1.41 bits per heavy atom. The van der Waals surface area contributed by atoms with E-state index in [1.54, 1.807) is 0 Å². The summed E-state index contributed by atoms with van der Waals surface area (Å²) in [6.45, 7) is 4.25. The van der Waals surface area contributed by atoms with Gasteiger partial charge in [0.15, 0.2) is 0 Å². The molecule has 1 aromatic rings. The molecule has 1 unspecified atom stereocenters. The fourth-order valence-corrected chi connectivity index (χ4v) is 2.17. The van der Waals surface area contributed by atoms with Gasteiger partial charge in [0.1, 0.15) is 5.75 Å². The second-order valence-corrected chi connectivity index (χ2v) is 5.15. The molecule has 2 rings (SSSR count). The smallest absolute Gasteiger partial charge is 0.413 e. The summed E-state index contributed by atoms with van der Waals surface area (Å²) in [5, 5.41) is 5.63. The summed E-state index contributed by atoms with van der Waals surface area (Å²) in [6.07, 6.45) is 1.68. The average molecular weight is 305 g/mol. The Morgan fingerprint density at radius 2 is 2.18 bits per heavy atom. The first-order chi connectivity index (χ1) is 10.7. The minimum Gasteiger partial charge on any atom is -0.494 e. The number of aliphatic imine (C=N–C) groups is 1. The number of benzene rings is 1. The molecule has 6 heteroatoms. The number of carbonyl (C=O) groups is 1. The number of carbonyl (C=O) groups excluding carboxylic acids is 1. The van der Waals surface area contributed by atoms with Gasteiger partial charge in [0.2, 0.25) is 5.96 Å². The summed E-state index contributed by atoms with van der Waals surface area (Å²) in [7, 11) is 1.33. The van der Waals surface area contributed by atoms with Crippen molar-refractivity contribution in [2.45, 2.75) is 25.7 Å². The minimum absolute atomic E-state index is 0.285. The van der Waals surface area contributed by atoms with Crippen molar-refractivity contribution in [2.24, 2.45) is 4.99 Å². The Hall–Kier alpha value is -2.24. The van der Waals surface area contributed by atoms with Gasteiger partial charge in [-0.2, -0.15) is 0 Å². The van der Waals surface area contributed by atoms with Gasteiger partial charge >= 0.3 is 6.09 Å². The minimum atomic E-state index is -0.515. The fourth-order valence-electron chi connectivity index (χ4n) is 2.17. The van der Waals surface area contributed by atoms with Gasteiger partial charge in [0, 0.05) is 12.5 Å². The van der Waals surface area contributed by atoms with Gasteiger partial charge in [-0.05, 0) is 24.1 Å². The molecule has 0 aromatic heterocycles. The number of nitrogens with zero attached hydrogens (tertiary/aromatic N) is 1. The number of alkyl carbamates (subject to hydrolysis) is 1. The van der Waals surface area contributed by atoms with E-state index in [9.17, 15) is 4.79 Å². The fraction of sp³-hybridized carbons (Fsp3) is 0.500. The lowest BCUT2D eigenvalue weighted by molar-refractivity contribution is 0.176. The highest BCUT2D eigenvalue weighted by Gasteiger charge is 2.18. The molecule has 6 nitrogen and oxygen atoms in total. The molecule has 1 amide bonds. The van der Waals surface area contributed by atoms with Gasteiger partial charge in [-0.3, -0.25) is 10.3 Å². The third-order valence-corrected chi connectivity index (χ3v) is 3.51. The molecule has 1 atom stereocenters. The normalized spacial score (nSPS) is 17.2. The lowest BCUT2D eigenvalue weighted by Gasteiger charge is -2.23. The van der Waals surface area contributed by atoms with Crippen LogP contribution >= 0.6 is 0 Å². The van der Waals surface area contributed by atoms with Gasteiger partial charge < -0.3 is 14.8 Å². The molecule has 22 heavy (non-hydrogen) atoms. The predicted molar refractivity (Wildman–Crippen MR) is 85.4 cm³/mol. The van der Waals surface area contributed by atoms with Crippen molar-refractivity contribution in [2.75, 3.05) is 26.8 Å². The molecule has 0 fully saturated rings. The highest BCUT2D eigenvalue weighted by atomic mass is 16.5. The monoisotopic (exact) mass is 305 g/mol. The van der Waals surface area contributed by atoms with Crippen LogP contribution in [-0.4, -0.2) is 38.9 Å². The van der Waals surface area contributed by atoms with Crippen LogP contribution in [0.4, 0.5) is 4.79 Å². The number of nitrogens with one attached hydrogen (secondary N) is 2. The first-order valence-corrected chi connectivity index (χ1v) is 7.59. The van der Waals surface area contributed by atoms with Gasteiger partial charge in [-0.25, -0.2) is 4.79 Å². The maximum atomic E-state index is 11.1. The van der Waals surface area contributed by atoms with E-state index >= 15 is 0 Å². The lowest BCUT2D eigenvalue weighted by atomic mass is 9.98. The number of hydrogen-bond donors (Lipinski definition) is 2. The molecule has 0 bridgehead atoms. The van der Waals surface area contributed by atoms with Crippen LogP contribution in [0.25, 0.3) is 0 Å². The van der Waals surface area contributed by atoms with Crippen LogP contribution in [0, 0.1) is 0 Å². The van der Waals surface area contributed by atoms with Gasteiger partial charge in [-0.15, -0.1) is 0 Å². The van der Waals surface area contributed by atoms with E-state index in [-0.39, 0.29) is 5.92 Å². The maximum Gasteiger partial charge on any atom is 0.413 e. The predicted octanol–water partition coefficient (Wildman–Crippen LogP) is 2.26. The molecular weight excluding hydrogens is 282 g/mol. The Bertz CT molecular complexity index is 514. The first kappa shape index (κ1) is 16.1. The van der Waals surface area contributed by atoms with Crippen molar-refractivity contribution < 1.29 is 14.3 Å². The third-order valence-electron chi connectivity index (χ3n) is 3.51. The number of hydrogen-bond acceptors (Lipinski definition) is 5. The van der Waals surface area contributed by atoms with Crippen LogP contribution in [0.3, 0.4) is 0 Å². The summed E-state index contributed by atoms with van der Waals surface area (Å²) in [5.74, 6) is 1.65. The molecule has 0 spiro atoms. The number of ether oxygens (including phenoxy) is 2. The summed E-state index contributed by atoms with van der Waals surface area (Å²) in [4.78, 5) is 15.4. The van der Waals surface area contributed by atoms with Crippen molar-refractivity contribution >= 4 is 12.1 Å². The zero-order chi connectivity index (χ0) is 15.8. The van der Waals surface area contributed by atoms with E-state index < -0.39 is 6.09 Å². The quantitative estimate of drug-likeness (QED) is 0.819. The number of rotatable bonds is 5. The number of unbranched alkanes of at least 4 members (excludes halogenated alkanes) is 1. The largest absolute Gasteiger partial charge is 0.494 e. The van der Waals surface area contributed by atoms with Gasteiger partial charge in [0.05, 0.1) is 20.3 Å². The molecule has 1 heterocycles. The van der Waals surface area contributed by atoms with E-state index in [4.69, 9.17) is 4.74 Å². The van der Waals surface area contributed by atoms with Crippen LogP contribution in [-0.2, 0) is 4.74 Å². The van der Waals surface area contributed by atoms with E-state index in [2.05, 4.69) is 39.4 Å². The number of amides is 1. The third kappa shape index (κ3) is 4.65. The SMILES string of the molecule is CCCCOc1ccc(C2CN=C(NC(=O)OC)NC2)cc1. The lowest BCUT2D eigenvalue weighted by Crippen LogP contribution is -2.45. The van der Waals surface area contributed by atoms with E-state index in [1.807, 2.05) is 12.1 Å². The van der Waals surface area contributed by atoms with Gasteiger partial charge in [0.25, 0.3) is 0 Å². The van der Waals surface area contributed by atoms with E-state index in [0.29, 0.717) is 12.5 Å². The van der Waals surface area contributed by atoms with Crippen molar-refractivity contribution in [1.82, 2.24) is 10.6 Å². The maximum absolute atomic E-state index is 11.1. The molecule has 0 aliphatic carbocycles. The standard InChI is InChI=1S/C16H23N3O3/c1-3-4-9-22-14-7-5-12(6-8-14)13-10-17-15(18-11-13)19-16(20)21-2/h5-8,13H,3-4,9-11H2,1-2H3,(H2,17,18,19,20). The molecule has 0 radical (unpaired) electrons. The van der Waals surface area contributed by atoms with Gasteiger partial charge in [-0.1, -0.05) is 25.5 Å². The molecule has 1 aromatic carbocycles. The number of methoxy groups -OCH3 is 1. The Kier molecular flexibility index (Phi) is 6.06. The second kappa shape index (κ2) is 8.26. The van der Waals surface area contributed by atoms with Crippen LogP contribution in [0.15, 0.2) is 29.3 Å². The van der Waals surface area contributed by atoms with Crippen LogP contribution in [0.2, 0.25) is 0 Å². The molecule has 2 N–H and O–H groups in total. The highest BCUT2D eigenvalue weighted by molar-refractivity contribution is 5.94. The van der Waals surface area contributed by atoms with Crippen LogP contribution < -0.4 is 15.4 Å². The van der Waals surface area contributed by atoms with Crippen LogP contribution in [0.1, 0.15) is 31.2 Å².